The zero-order valence-corrected chi connectivity index (χ0v) is 7.50. The number of benzene rings is 1. The first-order valence-electron chi connectivity index (χ1n) is 4.04. The normalized spacial score (nSPS) is 10.1. The first kappa shape index (κ1) is 10.9. The van der Waals surface area contributed by atoms with Crippen molar-refractivity contribution in [3.05, 3.63) is 23.8 Å². The van der Waals surface area contributed by atoms with Crippen LogP contribution in [-0.2, 0) is 0 Å². The van der Waals surface area contributed by atoms with Crippen LogP contribution in [0.1, 0.15) is 6.92 Å². The predicted octanol–water partition coefficient (Wildman–Crippen LogP) is 0.0433. The van der Waals surface area contributed by atoms with E-state index in [1.54, 1.807) is 6.92 Å². The van der Waals surface area contributed by atoms with Crippen LogP contribution in [0.3, 0.4) is 0 Å². The van der Waals surface area contributed by atoms with Crippen LogP contribution >= 0.6 is 0 Å². The second-order valence-corrected chi connectivity index (χ2v) is 2.62. The van der Waals surface area contributed by atoms with Gasteiger partial charge in [-0.15, -0.1) is 0 Å². The number of hydrogen-bond acceptors (Lipinski definition) is 3. The van der Waals surface area contributed by atoms with Gasteiger partial charge in [0.2, 0.25) is 5.82 Å². The van der Waals surface area contributed by atoms with Crippen LogP contribution in [0.4, 0.5) is 8.78 Å². The van der Waals surface area contributed by atoms with Crippen LogP contribution in [0.2, 0.25) is 0 Å². The molecule has 0 fully saturated rings. The van der Waals surface area contributed by atoms with E-state index in [9.17, 15) is 8.78 Å². The Bertz CT molecular complexity index is 331. The molecule has 2 N–H and O–H groups in total. The second-order valence-electron chi connectivity index (χ2n) is 2.62. The molecular formula is C8H9BF2O3. The van der Waals surface area contributed by atoms with E-state index in [4.69, 9.17) is 14.8 Å². The van der Waals surface area contributed by atoms with Gasteiger partial charge >= 0.3 is 7.12 Å². The molecule has 0 radical (unpaired) electrons. The van der Waals surface area contributed by atoms with Gasteiger partial charge in [-0.05, 0) is 24.5 Å². The third-order valence-corrected chi connectivity index (χ3v) is 1.62. The van der Waals surface area contributed by atoms with Gasteiger partial charge in [0.1, 0.15) is 0 Å². The van der Waals surface area contributed by atoms with Gasteiger partial charge in [0, 0.05) is 0 Å². The topological polar surface area (TPSA) is 49.7 Å². The van der Waals surface area contributed by atoms with Gasteiger partial charge in [0.15, 0.2) is 11.6 Å². The highest BCUT2D eigenvalue weighted by atomic mass is 19.2. The van der Waals surface area contributed by atoms with Crippen LogP contribution < -0.4 is 10.2 Å². The van der Waals surface area contributed by atoms with Gasteiger partial charge in [-0.3, -0.25) is 0 Å². The summed E-state index contributed by atoms with van der Waals surface area (Å²) in [6, 6.07) is 1.76. The molecule has 0 aromatic heterocycles. The summed E-state index contributed by atoms with van der Waals surface area (Å²) in [5.74, 6) is -2.62. The third-order valence-electron chi connectivity index (χ3n) is 1.62. The van der Waals surface area contributed by atoms with E-state index in [0.29, 0.717) is 6.07 Å². The molecule has 0 saturated carbocycles. The van der Waals surface area contributed by atoms with Gasteiger partial charge in [0.05, 0.1) is 6.61 Å². The average Bonchev–Trinajstić information content (AvgIpc) is 2.12. The maximum atomic E-state index is 13.0. The van der Waals surface area contributed by atoms with Crippen molar-refractivity contribution in [1.82, 2.24) is 0 Å². The molecule has 0 amide bonds. The van der Waals surface area contributed by atoms with Gasteiger partial charge in [0.25, 0.3) is 0 Å². The molecule has 0 unspecified atom stereocenters. The van der Waals surface area contributed by atoms with E-state index in [1.807, 2.05) is 0 Å². The quantitative estimate of drug-likeness (QED) is 0.680. The molecule has 14 heavy (non-hydrogen) atoms. The summed E-state index contributed by atoms with van der Waals surface area (Å²) in [7, 11) is -1.84. The van der Waals surface area contributed by atoms with Crippen molar-refractivity contribution in [2.45, 2.75) is 6.92 Å². The third kappa shape index (κ3) is 2.21. The second kappa shape index (κ2) is 4.39. The minimum atomic E-state index is -1.84. The largest absolute Gasteiger partial charge is 0.491 e. The van der Waals surface area contributed by atoms with Gasteiger partial charge < -0.3 is 14.8 Å². The molecule has 6 heteroatoms. The number of halogens is 2. The fourth-order valence-electron chi connectivity index (χ4n) is 0.993. The molecule has 0 aliphatic rings. The zero-order valence-electron chi connectivity index (χ0n) is 7.50. The lowest BCUT2D eigenvalue weighted by Crippen LogP contribution is -2.30. The van der Waals surface area contributed by atoms with Crippen molar-refractivity contribution >= 4 is 12.6 Å². The molecule has 0 saturated heterocycles. The Morgan fingerprint density at radius 3 is 2.50 bits per heavy atom. The Labute approximate surface area is 80.1 Å². The molecule has 0 atom stereocenters. The lowest BCUT2D eigenvalue weighted by Gasteiger charge is -2.07. The van der Waals surface area contributed by atoms with Gasteiger partial charge in [-0.1, -0.05) is 0 Å². The standard InChI is InChI=1S/C8H9BF2O3/c1-2-14-7-4-5(9(12)13)3-6(10)8(7)11/h3-4,12-13H,2H2,1H3. The summed E-state index contributed by atoms with van der Waals surface area (Å²) in [4.78, 5) is 0. The summed E-state index contributed by atoms with van der Waals surface area (Å²) in [6.07, 6.45) is 0. The first-order chi connectivity index (χ1) is 6.56. The van der Waals surface area contributed by atoms with Crippen molar-refractivity contribution in [2.24, 2.45) is 0 Å². The average molecular weight is 202 g/mol. The van der Waals surface area contributed by atoms with Crippen molar-refractivity contribution in [3.8, 4) is 5.75 Å². The molecule has 1 rings (SSSR count). The summed E-state index contributed by atoms with van der Waals surface area (Å²) in [5.41, 5.74) is -0.146. The van der Waals surface area contributed by atoms with E-state index < -0.39 is 18.8 Å². The van der Waals surface area contributed by atoms with Gasteiger partial charge in [-0.25, -0.2) is 4.39 Å². The summed E-state index contributed by atoms with van der Waals surface area (Å²) < 4.78 is 30.6. The summed E-state index contributed by atoms with van der Waals surface area (Å²) >= 11 is 0. The molecule has 0 heterocycles. The Hall–Kier alpha value is -1.14. The molecule has 1 aromatic carbocycles. The molecule has 0 aliphatic heterocycles. The smallest absolute Gasteiger partial charge is 0.488 e. The van der Waals surface area contributed by atoms with Crippen LogP contribution in [0.5, 0.6) is 5.75 Å². The van der Waals surface area contributed by atoms with Gasteiger partial charge in [-0.2, -0.15) is 4.39 Å². The van der Waals surface area contributed by atoms with Crippen molar-refractivity contribution in [1.29, 1.82) is 0 Å². The molecule has 0 spiro atoms. The highest BCUT2D eigenvalue weighted by Crippen LogP contribution is 2.18. The maximum Gasteiger partial charge on any atom is 0.488 e. The zero-order chi connectivity index (χ0) is 10.7. The highest BCUT2D eigenvalue weighted by molar-refractivity contribution is 6.58. The Morgan fingerprint density at radius 1 is 1.36 bits per heavy atom. The Morgan fingerprint density at radius 2 is 2.00 bits per heavy atom. The van der Waals surface area contributed by atoms with Crippen LogP contribution in [-0.4, -0.2) is 23.8 Å². The van der Waals surface area contributed by atoms with Crippen LogP contribution in [0, 0.1) is 11.6 Å². The first-order valence-corrected chi connectivity index (χ1v) is 4.04. The Balaban J connectivity index is 3.14. The fourth-order valence-corrected chi connectivity index (χ4v) is 0.993. The van der Waals surface area contributed by atoms with Crippen molar-refractivity contribution in [2.75, 3.05) is 6.61 Å². The van der Waals surface area contributed by atoms with Crippen molar-refractivity contribution < 1.29 is 23.6 Å². The predicted molar refractivity (Wildman–Crippen MR) is 47.4 cm³/mol. The van der Waals surface area contributed by atoms with Crippen LogP contribution in [0.15, 0.2) is 12.1 Å². The fraction of sp³-hybridized carbons (Fsp3) is 0.250. The molecular weight excluding hydrogens is 193 g/mol. The number of rotatable bonds is 3. The SMILES string of the molecule is CCOc1cc(B(O)O)cc(F)c1F. The number of ether oxygens (including phenoxy) is 1. The van der Waals surface area contributed by atoms with E-state index in [-0.39, 0.29) is 17.8 Å². The maximum absolute atomic E-state index is 13.0. The van der Waals surface area contributed by atoms with Crippen LogP contribution in [0.25, 0.3) is 0 Å². The van der Waals surface area contributed by atoms with E-state index >= 15 is 0 Å². The van der Waals surface area contributed by atoms with E-state index in [0.717, 1.165) is 6.07 Å². The lowest BCUT2D eigenvalue weighted by molar-refractivity contribution is 0.314. The minimum Gasteiger partial charge on any atom is -0.491 e. The minimum absolute atomic E-state index is 0.146. The molecule has 0 aliphatic carbocycles. The lowest BCUT2D eigenvalue weighted by atomic mass is 9.80. The molecule has 76 valence electrons. The molecule has 1 aromatic rings. The highest BCUT2D eigenvalue weighted by Gasteiger charge is 2.18. The van der Waals surface area contributed by atoms with E-state index in [2.05, 4.69) is 0 Å². The molecule has 0 bridgehead atoms. The summed E-state index contributed by atoms with van der Waals surface area (Å²) in [6.45, 7) is 1.78. The van der Waals surface area contributed by atoms with Crippen molar-refractivity contribution in [3.63, 3.8) is 0 Å². The Kier molecular flexibility index (Phi) is 3.43. The molecule has 3 nitrogen and oxygen atoms in total. The number of hydrogen-bond donors (Lipinski definition) is 2. The van der Waals surface area contributed by atoms with E-state index in [1.165, 1.54) is 0 Å². The monoisotopic (exact) mass is 202 g/mol. The summed E-state index contributed by atoms with van der Waals surface area (Å²) in [5, 5.41) is 17.5.